The van der Waals surface area contributed by atoms with Crippen LogP contribution in [0.1, 0.15) is 20.3 Å². The molecule has 0 atom stereocenters. The van der Waals surface area contributed by atoms with E-state index in [0.717, 1.165) is 6.42 Å². The fourth-order valence-electron chi connectivity index (χ4n) is 0.295. The van der Waals surface area contributed by atoms with Crippen LogP contribution in [0.4, 0.5) is 0 Å². The molecule has 0 amide bonds. The third-order valence-corrected chi connectivity index (χ3v) is 0.797. The highest BCUT2D eigenvalue weighted by Gasteiger charge is 1.89. The van der Waals surface area contributed by atoms with Gasteiger partial charge in [-0.15, -0.1) is 5.90 Å². The lowest BCUT2D eigenvalue weighted by molar-refractivity contribution is 0.108. The van der Waals surface area contributed by atoms with Gasteiger partial charge in [0.2, 0.25) is 0 Å². The third kappa shape index (κ3) is 5.92. The van der Waals surface area contributed by atoms with Gasteiger partial charge in [0.25, 0.3) is 0 Å². The molecule has 0 bridgehead atoms. The number of rotatable bonds is 3. The minimum Gasteiger partial charge on any atom is -0.285 e. The average Bonchev–Trinajstić information content (AvgIpc) is 1.61. The van der Waals surface area contributed by atoms with Gasteiger partial charge < -0.3 is 0 Å². The topological polar surface area (TPSA) is 33.0 Å². The summed E-state index contributed by atoms with van der Waals surface area (Å²) in [5.74, 6) is 6.95. The van der Waals surface area contributed by atoms with Crippen molar-refractivity contribution in [3.8, 4) is 0 Å². The van der Waals surface area contributed by atoms with Crippen LogP contribution < -0.4 is 5.90 Å². The van der Waals surface area contributed by atoms with Crippen LogP contribution in [-0.4, -0.2) is 6.61 Å². The Morgan fingerprint density at radius 2 is 2.14 bits per heavy atom. The van der Waals surface area contributed by atoms with Gasteiger partial charge in [-0.25, -0.2) is 0 Å². The molecule has 0 aliphatic rings. The minimum absolute atomic E-state index is 0.567. The van der Waals surface area contributed by atoms with Crippen molar-refractivity contribution in [2.45, 2.75) is 20.3 Å². The van der Waals surface area contributed by atoms with Crippen LogP contribution in [0.5, 0.6) is 0 Å². The number of hydrogen-bond donors (Lipinski definition) is 0. The summed E-state index contributed by atoms with van der Waals surface area (Å²) in [6, 6.07) is 0. The maximum absolute atomic E-state index is 6.30. The van der Waals surface area contributed by atoms with Gasteiger partial charge in [0.05, 0.1) is 6.61 Å². The van der Waals surface area contributed by atoms with E-state index in [0.29, 0.717) is 12.5 Å². The summed E-state index contributed by atoms with van der Waals surface area (Å²) in [6.45, 7) is 4.79. The first-order valence-electron chi connectivity index (χ1n) is 2.56. The lowest BCUT2D eigenvalue weighted by atomic mass is 10.1. The molecule has 43 valence electrons. The van der Waals surface area contributed by atoms with Gasteiger partial charge in [0.1, 0.15) is 0 Å². The van der Waals surface area contributed by atoms with E-state index in [9.17, 15) is 0 Å². The van der Waals surface area contributed by atoms with E-state index in [-0.39, 0.29) is 0 Å². The van der Waals surface area contributed by atoms with Crippen molar-refractivity contribution in [2.75, 3.05) is 6.61 Å². The fourth-order valence-corrected chi connectivity index (χ4v) is 0.295. The van der Waals surface area contributed by atoms with E-state index in [1.165, 1.54) is 0 Å². The summed E-state index contributed by atoms with van der Waals surface area (Å²) < 4.78 is 0. The van der Waals surface area contributed by atoms with E-state index in [4.69, 9.17) is 5.90 Å². The number of hydrogen-bond acceptors (Lipinski definition) is 1. The van der Waals surface area contributed by atoms with Gasteiger partial charge in [0, 0.05) is 0 Å². The lowest BCUT2D eigenvalue weighted by Crippen LogP contribution is -1.95. The second-order valence-electron chi connectivity index (χ2n) is 2.03. The van der Waals surface area contributed by atoms with Crippen LogP contribution in [0.25, 0.3) is 0 Å². The Balaban J connectivity index is 2.68. The van der Waals surface area contributed by atoms with Crippen molar-refractivity contribution in [1.82, 2.24) is 5.90 Å². The van der Waals surface area contributed by atoms with E-state index in [1.807, 2.05) is 0 Å². The summed E-state index contributed by atoms with van der Waals surface area (Å²) in [4.78, 5) is 4.10. The van der Waals surface area contributed by atoms with Crippen LogP contribution in [0.3, 0.4) is 0 Å². The molecule has 2 heteroatoms. The Morgan fingerprint density at radius 1 is 1.57 bits per heavy atom. The average molecular weight is 102 g/mol. The zero-order chi connectivity index (χ0) is 5.70. The molecule has 1 N–H and O–H groups in total. The SMILES string of the molecule is CC(C)CCO[NH]. The normalized spacial score (nSPS) is 10.3. The quantitative estimate of drug-likeness (QED) is 0.493. The first-order chi connectivity index (χ1) is 3.27. The van der Waals surface area contributed by atoms with E-state index >= 15 is 0 Å². The monoisotopic (exact) mass is 102 g/mol. The molecule has 0 rings (SSSR count). The molecule has 0 aliphatic heterocycles. The molecule has 2 nitrogen and oxygen atoms in total. The lowest BCUT2D eigenvalue weighted by Gasteiger charge is -1.98. The molecule has 0 aromatic carbocycles. The summed E-state index contributed by atoms with van der Waals surface area (Å²) >= 11 is 0. The summed E-state index contributed by atoms with van der Waals surface area (Å²) in [5, 5.41) is 0. The van der Waals surface area contributed by atoms with Gasteiger partial charge >= 0.3 is 0 Å². The first-order valence-corrected chi connectivity index (χ1v) is 2.56. The Bertz CT molecular complexity index is 37.1. The third-order valence-electron chi connectivity index (χ3n) is 0.797. The molecule has 0 aromatic rings. The number of nitrogens with one attached hydrogen (secondary N) is 1. The standard InChI is InChI=1S/C5H12NO/c1-5(2)3-4-7-6/h5-6H,3-4H2,1-2H3. The molecule has 0 unspecified atom stereocenters. The van der Waals surface area contributed by atoms with Crippen molar-refractivity contribution in [3.63, 3.8) is 0 Å². The smallest absolute Gasteiger partial charge is 0.0702 e. The Morgan fingerprint density at radius 3 is 2.29 bits per heavy atom. The predicted molar refractivity (Wildman–Crippen MR) is 28.5 cm³/mol. The molecule has 0 aromatic heterocycles. The van der Waals surface area contributed by atoms with E-state index < -0.39 is 0 Å². The highest BCUT2D eigenvalue weighted by Crippen LogP contribution is 1.96. The molecule has 0 saturated heterocycles. The molecule has 0 spiro atoms. The van der Waals surface area contributed by atoms with Crippen LogP contribution in [-0.2, 0) is 4.84 Å². The van der Waals surface area contributed by atoms with Crippen molar-refractivity contribution < 1.29 is 4.84 Å². The molecule has 0 heterocycles. The maximum atomic E-state index is 6.30. The molecule has 1 radical (unpaired) electrons. The van der Waals surface area contributed by atoms with E-state index in [2.05, 4.69) is 18.7 Å². The maximum Gasteiger partial charge on any atom is 0.0702 e. The van der Waals surface area contributed by atoms with Crippen molar-refractivity contribution in [3.05, 3.63) is 0 Å². The largest absolute Gasteiger partial charge is 0.285 e. The van der Waals surface area contributed by atoms with Crippen molar-refractivity contribution >= 4 is 0 Å². The summed E-state index contributed by atoms with van der Waals surface area (Å²) in [7, 11) is 0. The van der Waals surface area contributed by atoms with Crippen LogP contribution in [0.15, 0.2) is 0 Å². The van der Waals surface area contributed by atoms with Crippen LogP contribution in [0, 0.1) is 5.92 Å². The van der Waals surface area contributed by atoms with Crippen LogP contribution in [0.2, 0.25) is 0 Å². The molecular formula is C5H12NO. The van der Waals surface area contributed by atoms with Crippen molar-refractivity contribution in [2.24, 2.45) is 5.92 Å². The molecule has 7 heavy (non-hydrogen) atoms. The van der Waals surface area contributed by atoms with Crippen molar-refractivity contribution in [1.29, 1.82) is 0 Å². The van der Waals surface area contributed by atoms with Crippen LogP contribution >= 0.6 is 0 Å². The second kappa shape index (κ2) is 4.09. The minimum atomic E-state index is 0.567. The highest BCUT2D eigenvalue weighted by atomic mass is 16.6. The predicted octanol–water partition coefficient (Wildman–Crippen LogP) is 1.25. The van der Waals surface area contributed by atoms with Gasteiger partial charge in [-0.3, -0.25) is 4.84 Å². The first kappa shape index (κ1) is 6.92. The molecule has 0 saturated carbocycles. The van der Waals surface area contributed by atoms with Gasteiger partial charge in [-0.1, -0.05) is 13.8 Å². The van der Waals surface area contributed by atoms with Gasteiger partial charge in [0.15, 0.2) is 0 Å². The molecular weight excluding hydrogens is 90.1 g/mol. The Kier molecular flexibility index (Phi) is 4.04. The summed E-state index contributed by atoms with van der Waals surface area (Å²) in [5.41, 5.74) is 0. The molecule has 0 fully saturated rings. The highest BCUT2D eigenvalue weighted by molar-refractivity contribution is 4.39. The van der Waals surface area contributed by atoms with E-state index in [1.54, 1.807) is 0 Å². The zero-order valence-corrected chi connectivity index (χ0v) is 4.90. The molecule has 0 aliphatic carbocycles. The van der Waals surface area contributed by atoms with Gasteiger partial charge in [-0.05, 0) is 12.3 Å². The Labute approximate surface area is 44.6 Å². The van der Waals surface area contributed by atoms with Gasteiger partial charge in [-0.2, -0.15) is 0 Å². The summed E-state index contributed by atoms with van der Waals surface area (Å²) in [6.07, 6.45) is 0.990. The zero-order valence-electron chi connectivity index (χ0n) is 4.90. The fraction of sp³-hybridized carbons (Fsp3) is 1.00. The second-order valence-corrected chi connectivity index (χ2v) is 2.03. The Hall–Kier alpha value is -0.0800.